The first-order valence-corrected chi connectivity index (χ1v) is 10.1. The second-order valence-electron chi connectivity index (χ2n) is 7.22. The van der Waals surface area contributed by atoms with Crippen molar-refractivity contribution in [3.05, 3.63) is 60.3 Å². The van der Waals surface area contributed by atoms with Gasteiger partial charge in [0.05, 0.1) is 12.8 Å². The van der Waals surface area contributed by atoms with Crippen LogP contribution in [0.3, 0.4) is 0 Å². The minimum Gasteiger partial charge on any atom is -0.495 e. The van der Waals surface area contributed by atoms with Gasteiger partial charge in [0.15, 0.2) is 11.6 Å². The van der Waals surface area contributed by atoms with Crippen LogP contribution in [0.15, 0.2) is 54.7 Å². The Bertz CT molecular complexity index is 1030. The van der Waals surface area contributed by atoms with Crippen molar-refractivity contribution in [1.29, 1.82) is 0 Å². The maximum absolute atomic E-state index is 12.6. The van der Waals surface area contributed by atoms with Crippen molar-refractivity contribution in [3.8, 4) is 5.75 Å². The molecule has 0 bridgehead atoms. The van der Waals surface area contributed by atoms with Crippen LogP contribution in [0.1, 0.15) is 5.56 Å². The summed E-state index contributed by atoms with van der Waals surface area (Å²) in [5.74, 6) is 2.79. The van der Waals surface area contributed by atoms with Crippen LogP contribution < -0.4 is 20.3 Å². The van der Waals surface area contributed by atoms with Gasteiger partial charge in [-0.25, -0.2) is 9.78 Å². The van der Waals surface area contributed by atoms with Gasteiger partial charge in [0, 0.05) is 32.4 Å². The van der Waals surface area contributed by atoms with Crippen LogP contribution >= 0.6 is 0 Å². The minimum absolute atomic E-state index is 0.138. The molecular weight excluding hydrogens is 394 g/mol. The number of benzene rings is 1. The summed E-state index contributed by atoms with van der Waals surface area (Å²) in [5.41, 5.74) is 1.78. The van der Waals surface area contributed by atoms with Crippen molar-refractivity contribution in [2.75, 3.05) is 48.8 Å². The van der Waals surface area contributed by atoms with Crippen LogP contribution in [0.2, 0.25) is 0 Å². The number of nitrogens with zero attached hydrogens (tertiary/aromatic N) is 5. The lowest BCUT2D eigenvalue weighted by Crippen LogP contribution is -2.50. The zero-order chi connectivity index (χ0) is 21.6. The number of para-hydroxylation sites is 2. The highest BCUT2D eigenvalue weighted by molar-refractivity contribution is 5.91. The first-order valence-electron chi connectivity index (χ1n) is 10.1. The molecule has 1 aliphatic rings. The van der Waals surface area contributed by atoms with Gasteiger partial charge in [-0.15, -0.1) is 10.2 Å². The molecule has 9 nitrogen and oxygen atoms in total. The summed E-state index contributed by atoms with van der Waals surface area (Å²) in [7, 11) is 1.59. The van der Waals surface area contributed by atoms with Crippen LogP contribution in [0.25, 0.3) is 0 Å². The van der Waals surface area contributed by atoms with Crippen LogP contribution in [0, 0.1) is 6.92 Å². The number of pyridine rings is 1. The van der Waals surface area contributed by atoms with E-state index < -0.39 is 0 Å². The number of anilines is 4. The molecule has 1 fully saturated rings. The van der Waals surface area contributed by atoms with Gasteiger partial charge in [0.2, 0.25) is 0 Å². The van der Waals surface area contributed by atoms with Gasteiger partial charge >= 0.3 is 6.03 Å². The molecule has 31 heavy (non-hydrogen) atoms. The van der Waals surface area contributed by atoms with Crippen molar-refractivity contribution in [1.82, 2.24) is 20.1 Å². The topological polar surface area (TPSA) is 95.5 Å². The van der Waals surface area contributed by atoms with Gasteiger partial charge in [-0.3, -0.25) is 0 Å². The van der Waals surface area contributed by atoms with E-state index in [9.17, 15) is 4.79 Å². The van der Waals surface area contributed by atoms with Gasteiger partial charge in [-0.1, -0.05) is 12.1 Å². The highest BCUT2D eigenvalue weighted by Crippen LogP contribution is 2.24. The number of amides is 2. The Morgan fingerprint density at radius 2 is 1.81 bits per heavy atom. The summed E-state index contributed by atoms with van der Waals surface area (Å²) in [6, 6.07) is 14.9. The lowest BCUT2D eigenvalue weighted by atomic mass is 10.3. The first-order chi connectivity index (χ1) is 15.1. The number of aryl methyl sites for hydroxylation is 1. The maximum atomic E-state index is 12.6. The number of carbonyl (C=O) groups excluding carboxylic acids is 1. The molecule has 1 aromatic carbocycles. The molecule has 0 radical (unpaired) electrons. The minimum atomic E-state index is -0.138. The van der Waals surface area contributed by atoms with Crippen LogP contribution in [-0.2, 0) is 0 Å². The molecule has 2 aromatic heterocycles. The highest BCUT2D eigenvalue weighted by atomic mass is 16.5. The third-order valence-corrected chi connectivity index (χ3v) is 5.06. The molecule has 0 aliphatic carbocycles. The zero-order valence-electron chi connectivity index (χ0n) is 17.6. The summed E-state index contributed by atoms with van der Waals surface area (Å²) in [6.45, 7) is 4.56. The molecule has 3 aromatic rings. The number of urea groups is 1. The third-order valence-electron chi connectivity index (χ3n) is 5.06. The number of methoxy groups -OCH3 is 1. The Morgan fingerprint density at radius 1 is 1.00 bits per heavy atom. The molecule has 1 saturated heterocycles. The molecule has 0 unspecified atom stereocenters. The second-order valence-corrected chi connectivity index (χ2v) is 7.22. The van der Waals surface area contributed by atoms with Crippen molar-refractivity contribution in [2.45, 2.75) is 6.92 Å². The van der Waals surface area contributed by atoms with Crippen LogP contribution in [0.5, 0.6) is 5.75 Å². The van der Waals surface area contributed by atoms with E-state index in [0.29, 0.717) is 43.4 Å². The van der Waals surface area contributed by atoms with E-state index in [0.717, 1.165) is 17.2 Å². The van der Waals surface area contributed by atoms with E-state index in [1.165, 1.54) is 0 Å². The van der Waals surface area contributed by atoms with Crippen LogP contribution in [-0.4, -0.2) is 59.4 Å². The molecule has 1 aliphatic heterocycles. The Kier molecular flexibility index (Phi) is 6.11. The smallest absolute Gasteiger partial charge is 0.322 e. The molecule has 0 atom stereocenters. The zero-order valence-corrected chi connectivity index (χ0v) is 17.6. The standard InChI is InChI=1S/C22H25N7O2/c1-16-9-10-23-20(15-16)25-19-7-8-21(27-26-19)28-11-13-29(14-12-28)22(30)24-17-5-3-4-6-18(17)31-2/h3-10,15H,11-14H2,1-2H3,(H,24,30)(H,23,25,26). The van der Waals surface area contributed by atoms with E-state index in [1.807, 2.05) is 55.5 Å². The first kappa shape index (κ1) is 20.4. The van der Waals surface area contributed by atoms with Crippen molar-refractivity contribution < 1.29 is 9.53 Å². The molecule has 0 spiro atoms. The van der Waals surface area contributed by atoms with Gasteiger partial charge in [-0.2, -0.15) is 0 Å². The molecule has 9 heteroatoms. The molecule has 0 saturated carbocycles. The Hall–Kier alpha value is -3.88. The average molecular weight is 419 g/mol. The summed E-state index contributed by atoms with van der Waals surface area (Å²) in [4.78, 5) is 20.8. The number of rotatable bonds is 5. The Labute approximate surface area is 181 Å². The lowest BCUT2D eigenvalue weighted by Gasteiger charge is -2.35. The predicted octanol–water partition coefficient (Wildman–Crippen LogP) is 3.29. The fourth-order valence-electron chi connectivity index (χ4n) is 3.38. The van der Waals surface area contributed by atoms with Gasteiger partial charge in [-0.05, 0) is 48.9 Å². The number of ether oxygens (including phenoxy) is 1. The quantitative estimate of drug-likeness (QED) is 0.655. The number of aromatic nitrogens is 3. The summed E-state index contributed by atoms with van der Waals surface area (Å²) in [6.07, 6.45) is 1.75. The number of hydrogen-bond acceptors (Lipinski definition) is 7. The number of nitrogens with one attached hydrogen (secondary N) is 2. The van der Waals surface area contributed by atoms with E-state index in [-0.39, 0.29) is 6.03 Å². The monoisotopic (exact) mass is 419 g/mol. The Balaban J connectivity index is 1.31. The van der Waals surface area contributed by atoms with E-state index in [4.69, 9.17) is 4.74 Å². The fraction of sp³-hybridized carbons (Fsp3) is 0.273. The predicted molar refractivity (Wildman–Crippen MR) is 120 cm³/mol. The van der Waals surface area contributed by atoms with Crippen molar-refractivity contribution >= 4 is 29.2 Å². The lowest BCUT2D eigenvalue weighted by molar-refractivity contribution is 0.208. The molecule has 4 rings (SSSR count). The maximum Gasteiger partial charge on any atom is 0.322 e. The van der Waals surface area contributed by atoms with Crippen molar-refractivity contribution in [3.63, 3.8) is 0 Å². The molecule has 2 N–H and O–H groups in total. The summed E-state index contributed by atoms with van der Waals surface area (Å²) in [5, 5.41) is 14.7. The largest absolute Gasteiger partial charge is 0.495 e. The van der Waals surface area contributed by atoms with Gasteiger partial charge in [0.1, 0.15) is 11.6 Å². The normalized spacial score (nSPS) is 13.6. The summed E-state index contributed by atoms with van der Waals surface area (Å²) >= 11 is 0. The third kappa shape index (κ3) is 5.00. The van der Waals surface area contributed by atoms with E-state index in [1.54, 1.807) is 18.2 Å². The van der Waals surface area contributed by atoms with Crippen LogP contribution in [0.4, 0.5) is 27.9 Å². The molecule has 3 heterocycles. The number of piperazine rings is 1. The SMILES string of the molecule is COc1ccccc1NC(=O)N1CCN(c2ccc(Nc3cc(C)ccn3)nn2)CC1. The number of carbonyl (C=O) groups is 1. The Morgan fingerprint density at radius 3 is 2.52 bits per heavy atom. The summed E-state index contributed by atoms with van der Waals surface area (Å²) < 4.78 is 5.30. The average Bonchev–Trinajstić information content (AvgIpc) is 2.80. The fourth-order valence-corrected chi connectivity index (χ4v) is 3.38. The van der Waals surface area contributed by atoms with Gasteiger partial charge in [0.25, 0.3) is 0 Å². The molecular formula is C22H25N7O2. The number of hydrogen-bond donors (Lipinski definition) is 2. The van der Waals surface area contributed by atoms with Crippen molar-refractivity contribution in [2.24, 2.45) is 0 Å². The van der Waals surface area contributed by atoms with E-state index >= 15 is 0 Å². The highest BCUT2D eigenvalue weighted by Gasteiger charge is 2.22. The molecule has 2 amide bonds. The van der Waals surface area contributed by atoms with E-state index in [2.05, 4.69) is 30.7 Å². The second kappa shape index (κ2) is 9.29. The molecule has 160 valence electrons. The van der Waals surface area contributed by atoms with Gasteiger partial charge < -0.3 is 25.2 Å².